The third kappa shape index (κ3) is 3.75. The maximum Gasteiger partial charge on any atom is 0.335 e. The van der Waals surface area contributed by atoms with E-state index >= 15 is 0 Å². The number of carbonyl (C=O) groups is 1. The highest BCUT2D eigenvalue weighted by Crippen LogP contribution is 2.31. The Morgan fingerprint density at radius 1 is 1.12 bits per heavy atom. The van der Waals surface area contributed by atoms with E-state index in [-0.39, 0.29) is 16.6 Å². The summed E-state index contributed by atoms with van der Waals surface area (Å²) in [5.41, 5.74) is 0.640. The SMILES string of the molecule is CCOCCOc1ccccc1-c1cc(=O)c2ccc(C(=O)O)cc2o1. The van der Waals surface area contributed by atoms with Crippen LogP contribution in [-0.4, -0.2) is 30.9 Å². The summed E-state index contributed by atoms with van der Waals surface area (Å²) in [6, 6.07) is 12.8. The molecule has 2 aromatic carbocycles. The molecule has 0 bridgehead atoms. The van der Waals surface area contributed by atoms with Gasteiger partial charge >= 0.3 is 5.97 Å². The number of para-hydroxylation sites is 1. The minimum absolute atomic E-state index is 0.0547. The largest absolute Gasteiger partial charge is 0.490 e. The molecule has 0 spiro atoms. The molecule has 1 aromatic heterocycles. The highest BCUT2D eigenvalue weighted by atomic mass is 16.5. The van der Waals surface area contributed by atoms with Gasteiger partial charge in [0.1, 0.15) is 23.7 Å². The van der Waals surface area contributed by atoms with Crippen molar-refractivity contribution < 1.29 is 23.8 Å². The fourth-order valence-electron chi connectivity index (χ4n) is 2.57. The second kappa shape index (κ2) is 7.84. The summed E-state index contributed by atoms with van der Waals surface area (Å²) in [5, 5.41) is 9.46. The third-order valence-corrected chi connectivity index (χ3v) is 3.82. The second-order valence-electron chi connectivity index (χ2n) is 5.53. The van der Waals surface area contributed by atoms with E-state index in [1.54, 1.807) is 12.1 Å². The molecule has 0 atom stereocenters. The molecule has 1 heterocycles. The molecule has 0 radical (unpaired) electrons. The van der Waals surface area contributed by atoms with Crippen molar-refractivity contribution in [1.29, 1.82) is 0 Å². The summed E-state index contributed by atoms with van der Waals surface area (Å²) in [4.78, 5) is 23.6. The lowest BCUT2D eigenvalue weighted by molar-refractivity contribution is 0.0697. The van der Waals surface area contributed by atoms with E-state index in [2.05, 4.69) is 0 Å². The van der Waals surface area contributed by atoms with Gasteiger partial charge in [-0.1, -0.05) is 12.1 Å². The predicted octanol–water partition coefficient (Wildman–Crippen LogP) is 3.57. The number of ether oxygens (including phenoxy) is 2. The van der Waals surface area contributed by atoms with E-state index < -0.39 is 5.97 Å². The van der Waals surface area contributed by atoms with Crippen molar-refractivity contribution >= 4 is 16.9 Å². The molecule has 0 aliphatic rings. The summed E-state index contributed by atoms with van der Waals surface area (Å²) >= 11 is 0. The maximum atomic E-state index is 12.4. The first-order valence-electron chi connectivity index (χ1n) is 8.21. The van der Waals surface area contributed by atoms with E-state index in [4.69, 9.17) is 19.0 Å². The molecule has 0 unspecified atom stereocenters. The van der Waals surface area contributed by atoms with Crippen LogP contribution in [0.5, 0.6) is 5.75 Å². The molecule has 6 nitrogen and oxygen atoms in total. The number of rotatable bonds is 7. The monoisotopic (exact) mass is 354 g/mol. The Hall–Kier alpha value is -3.12. The van der Waals surface area contributed by atoms with Crippen LogP contribution in [0.15, 0.2) is 57.7 Å². The molecular weight excluding hydrogens is 336 g/mol. The quantitative estimate of drug-likeness (QED) is 0.653. The summed E-state index contributed by atoms with van der Waals surface area (Å²) in [6.07, 6.45) is 0. The zero-order valence-electron chi connectivity index (χ0n) is 14.2. The first-order valence-corrected chi connectivity index (χ1v) is 8.21. The first-order chi connectivity index (χ1) is 12.6. The van der Waals surface area contributed by atoms with Crippen molar-refractivity contribution in [3.63, 3.8) is 0 Å². The maximum absolute atomic E-state index is 12.4. The van der Waals surface area contributed by atoms with Crippen molar-refractivity contribution in [3.8, 4) is 17.1 Å². The molecular formula is C20H18O6. The number of hydrogen-bond acceptors (Lipinski definition) is 5. The zero-order chi connectivity index (χ0) is 18.5. The van der Waals surface area contributed by atoms with Gasteiger partial charge in [-0.2, -0.15) is 0 Å². The van der Waals surface area contributed by atoms with Crippen LogP contribution < -0.4 is 10.2 Å². The van der Waals surface area contributed by atoms with Crippen LogP contribution in [0.3, 0.4) is 0 Å². The van der Waals surface area contributed by atoms with E-state index in [0.29, 0.717) is 42.3 Å². The van der Waals surface area contributed by atoms with Gasteiger partial charge in [0.25, 0.3) is 0 Å². The molecule has 3 aromatic rings. The lowest BCUT2D eigenvalue weighted by Gasteiger charge is -2.11. The molecule has 0 saturated heterocycles. The molecule has 134 valence electrons. The minimum atomic E-state index is -1.08. The number of carboxylic acid groups (broad SMARTS) is 1. The molecule has 0 aliphatic heterocycles. The average Bonchev–Trinajstić information content (AvgIpc) is 2.65. The summed E-state index contributed by atoms with van der Waals surface area (Å²) in [5.74, 6) is -0.208. The van der Waals surface area contributed by atoms with Gasteiger partial charge in [-0.15, -0.1) is 0 Å². The normalized spacial score (nSPS) is 10.8. The Morgan fingerprint density at radius 3 is 2.69 bits per heavy atom. The Balaban J connectivity index is 2.02. The van der Waals surface area contributed by atoms with Crippen LogP contribution in [0.1, 0.15) is 17.3 Å². The Morgan fingerprint density at radius 2 is 1.92 bits per heavy atom. The first kappa shape index (κ1) is 17.7. The lowest BCUT2D eigenvalue weighted by Crippen LogP contribution is -2.07. The smallest absolute Gasteiger partial charge is 0.335 e. The van der Waals surface area contributed by atoms with Gasteiger partial charge in [-0.05, 0) is 37.3 Å². The molecule has 0 aliphatic carbocycles. The van der Waals surface area contributed by atoms with Crippen LogP contribution in [0.25, 0.3) is 22.3 Å². The predicted molar refractivity (Wildman–Crippen MR) is 96.9 cm³/mol. The van der Waals surface area contributed by atoms with E-state index in [0.717, 1.165) is 0 Å². The topological polar surface area (TPSA) is 86.0 Å². The fraction of sp³-hybridized carbons (Fsp3) is 0.200. The van der Waals surface area contributed by atoms with Gasteiger partial charge in [0.05, 0.1) is 23.1 Å². The van der Waals surface area contributed by atoms with Crippen molar-refractivity contribution in [2.75, 3.05) is 19.8 Å². The highest BCUT2D eigenvalue weighted by Gasteiger charge is 2.13. The number of hydrogen-bond donors (Lipinski definition) is 1. The third-order valence-electron chi connectivity index (χ3n) is 3.82. The van der Waals surface area contributed by atoms with Crippen LogP contribution in [-0.2, 0) is 4.74 Å². The molecule has 1 N–H and O–H groups in total. The second-order valence-corrected chi connectivity index (χ2v) is 5.53. The summed E-state index contributed by atoms with van der Waals surface area (Å²) < 4.78 is 16.8. The molecule has 26 heavy (non-hydrogen) atoms. The van der Waals surface area contributed by atoms with E-state index in [1.165, 1.54) is 24.3 Å². The standard InChI is InChI=1S/C20H18O6/c1-2-24-9-10-25-17-6-4-3-5-15(17)19-12-16(21)14-8-7-13(20(22)23)11-18(14)26-19/h3-8,11-12H,2,9-10H2,1H3,(H,22,23). The van der Waals surface area contributed by atoms with Crippen LogP contribution in [0.2, 0.25) is 0 Å². The van der Waals surface area contributed by atoms with Crippen LogP contribution in [0, 0.1) is 0 Å². The number of fused-ring (bicyclic) bond motifs is 1. The van der Waals surface area contributed by atoms with Gasteiger partial charge in [-0.25, -0.2) is 4.79 Å². The molecule has 0 fully saturated rings. The zero-order valence-corrected chi connectivity index (χ0v) is 14.2. The number of carboxylic acids is 1. The Labute approximate surface area is 149 Å². The number of aromatic carboxylic acids is 1. The van der Waals surface area contributed by atoms with Gasteiger partial charge < -0.3 is 19.0 Å². The summed E-state index contributed by atoms with van der Waals surface area (Å²) in [6.45, 7) is 3.33. The van der Waals surface area contributed by atoms with E-state index in [9.17, 15) is 9.59 Å². The summed E-state index contributed by atoms with van der Waals surface area (Å²) in [7, 11) is 0. The van der Waals surface area contributed by atoms with Gasteiger partial charge in [0, 0.05) is 12.7 Å². The lowest BCUT2D eigenvalue weighted by atomic mass is 10.1. The Kier molecular flexibility index (Phi) is 5.34. The van der Waals surface area contributed by atoms with Gasteiger partial charge in [-0.3, -0.25) is 4.79 Å². The Bertz CT molecular complexity index is 989. The minimum Gasteiger partial charge on any atom is -0.490 e. The highest BCUT2D eigenvalue weighted by molar-refractivity contribution is 5.92. The molecule has 0 saturated carbocycles. The van der Waals surface area contributed by atoms with Crippen LogP contribution in [0.4, 0.5) is 0 Å². The molecule has 6 heteroatoms. The fourth-order valence-corrected chi connectivity index (χ4v) is 2.57. The van der Waals surface area contributed by atoms with Crippen molar-refractivity contribution in [2.24, 2.45) is 0 Å². The van der Waals surface area contributed by atoms with Crippen molar-refractivity contribution in [2.45, 2.75) is 6.92 Å². The molecule has 0 amide bonds. The van der Waals surface area contributed by atoms with Gasteiger partial charge in [0.2, 0.25) is 0 Å². The number of benzene rings is 2. The van der Waals surface area contributed by atoms with Crippen molar-refractivity contribution in [3.05, 3.63) is 64.3 Å². The molecule has 3 rings (SSSR count). The van der Waals surface area contributed by atoms with Gasteiger partial charge in [0.15, 0.2) is 5.43 Å². The van der Waals surface area contributed by atoms with Crippen molar-refractivity contribution in [1.82, 2.24) is 0 Å². The average molecular weight is 354 g/mol. The van der Waals surface area contributed by atoms with E-state index in [1.807, 2.05) is 19.1 Å². The van der Waals surface area contributed by atoms with Crippen LogP contribution >= 0.6 is 0 Å².